The van der Waals surface area contributed by atoms with Crippen LogP contribution in [0.1, 0.15) is 29.6 Å². The number of aromatic nitrogens is 2. The van der Waals surface area contributed by atoms with Gasteiger partial charge in [-0.15, -0.1) is 11.3 Å². The van der Waals surface area contributed by atoms with E-state index in [0.29, 0.717) is 11.6 Å². The first kappa shape index (κ1) is 18.4. The van der Waals surface area contributed by atoms with Crippen molar-refractivity contribution in [2.45, 2.75) is 38.1 Å². The van der Waals surface area contributed by atoms with Crippen molar-refractivity contribution in [1.29, 1.82) is 0 Å². The van der Waals surface area contributed by atoms with Crippen molar-refractivity contribution in [2.24, 2.45) is 5.92 Å². The van der Waals surface area contributed by atoms with Crippen LogP contribution >= 0.6 is 23.1 Å². The number of fused-ring (bicyclic) bond motifs is 3. The number of halogens is 1. The fourth-order valence-corrected chi connectivity index (χ4v) is 5.77. The lowest BCUT2D eigenvalue weighted by molar-refractivity contribution is -0.113. The Morgan fingerprint density at radius 3 is 2.89 bits per heavy atom. The summed E-state index contributed by atoms with van der Waals surface area (Å²) in [5.74, 6) is 1.24. The first-order valence-electron chi connectivity index (χ1n) is 8.96. The lowest BCUT2D eigenvalue weighted by Gasteiger charge is -2.18. The van der Waals surface area contributed by atoms with Crippen LogP contribution in [-0.2, 0) is 17.6 Å². The van der Waals surface area contributed by atoms with E-state index in [4.69, 9.17) is 0 Å². The van der Waals surface area contributed by atoms with Crippen LogP contribution in [0.15, 0.2) is 29.3 Å². The van der Waals surface area contributed by atoms with E-state index in [1.54, 1.807) is 23.5 Å². The van der Waals surface area contributed by atoms with Crippen molar-refractivity contribution < 1.29 is 9.18 Å². The van der Waals surface area contributed by atoms with Gasteiger partial charge in [0.15, 0.2) is 0 Å². The minimum atomic E-state index is -0.322. The Kier molecular flexibility index (Phi) is 5.14. The molecule has 1 aliphatic rings. The van der Waals surface area contributed by atoms with Crippen molar-refractivity contribution in [3.8, 4) is 0 Å². The van der Waals surface area contributed by atoms with Crippen molar-refractivity contribution in [2.75, 3.05) is 11.1 Å². The summed E-state index contributed by atoms with van der Waals surface area (Å²) in [5, 5.41) is 4.82. The zero-order valence-electron chi connectivity index (χ0n) is 15.2. The number of nitrogens with one attached hydrogen (secondary N) is 1. The molecule has 140 valence electrons. The zero-order chi connectivity index (χ0) is 19.0. The molecule has 4 nitrogen and oxygen atoms in total. The molecule has 2 aromatic heterocycles. The summed E-state index contributed by atoms with van der Waals surface area (Å²) in [7, 11) is 0. The first-order valence-corrected chi connectivity index (χ1v) is 10.8. The number of benzene rings is 1. The predicted octanol–water partition coefficient (Wildman–Crippen LogP) is 4.99. The Balaban J connectivity index is 1.54. The number of thiophene rings is 1. The Bertz CT molecular complexity index is 1000. The second-order valence-electron chi connectivity index (χ2n) is 6.95. The highest BCUT2D eigenvalue weighted by atomic mass is 32.2. The molecule has 0 aliphatic heterocycles. The van der Waals surface area contributed by atoms with Gasteiger partial charge in [-0.05, 0) is 61.9 Å². The molecule has 27 heavy (non-hydrogen) atoms. The minimum absolute atomic E-state index is 0.131. The van der Waals surface area contributed by atoms with Gasteiger partial charge in [0.05, 0.1) is 5.75 Å². The number of rotatable bonds is 4. The van der Waals surface area contributed by atoms with Crippen LogP contribution < -0.4 is 5.32 Å². The minimum Gasteiger partial charge on any atom is -0.325 e. The average Bonchev–Trinajstić information content (AvgIpc) is 2.98. The fourth-order valence-electron chi connectivity index (χ4n) is 3.38. The highest BCUT2D eigenvalue weighted by Crippen LogP contribution is 2.40. The van der Waals surface area contributed by atoms with Crippen LogP contribution in [-0.4, -0.2) is 21.6 Å². The van der Waals surface area contributed by atoms with E-state index in [-0.39, 0.29) is 17.5 Å². The lowest BCUT2D eigenvalue weighted by atomic mass is 9.89. The predicted molar refractivity (Wildman–Crippen MR) is 109 cm³/mol. The Hall–Kier alpha value is -1.99. The van der Waals surface area contributed by atoms with Gasteiger partial charge in [0.25, 0.3) is 0 Å². The van der Waals surface area contributed by atoms with Crippen LogP contribution in [0.5, 0.6) is 0 Å². The van der Waals surface area contributed by atoms with Gasteiger partial charge in [0, 0.05) is 16.0 Å². The number of aryl methyl sites for hydroxylation is 2. The van der Waals surface area contributed by atoms with Crippen molar-refractivity contribution in [3.05, 3.63) is 46.3 Å². The van der Waals surface area contributed by atoms with Crippen LogP contribution in [0.4, 0.5) is 10.1 Å². The van der Waals surface area contributed by atoms with E-state index in [1.165, 1.54) is 40.8 Å². The summed E-state index contributed by atoms with van der Waals surface area (Å²) in [6.07, 6.45) is 3.34. The molecular formula is C20H20FN3OS2. The number of amides is 1. The number of thioether (sulfide) groups is 1. The number of hydrogen-bond acceptors (Lipinski definition) is 5. The van der Waals surface area contributed by atoms with Crippen molar-refractivity contribution in [1.82, 2.24) is 9.97 Å². The molecule has 1 unspecified atom stereocenters. The third-order valence-electron chi connectivity index (χ3n) is 4.70. The molecule has 0 saturated carbocycles. The molecule has 0 fully saturated rings. The van der Waals surface area contributed by atoms with E-state index in [2.05, 4.69) is 22.2 Å². The number of hydrogen-bond donors (Lipinski definition) is 1. The third-order valence-corrected chi connectivity index (χ3v) is 6.83. The van der Waals surface area contributed by atoms with E-state index >= 15 is 0 Å². The molecule has 1 amide bonds. The average molecular weight is 402 g/mol. The fraction of sp³-hybridized carbons (Fsp3) is 0.350. The van der Waals surface area contributed by atoms with E-state index in [1.807, 2.05) is 6.92 Å². The highest BCUT2D eigenvalue weighted by Gasteiger charge is 2.24. The second kappa shape index (κ2) is 7.56. The summed E-state index contributed by atoms with van der Waals surface area (Å²) >= 11 is 3.21. The summed E-state index contributed by atoms with van der Waals surface area (Å²) in [4.78, 5) is 24.0. The second-order valence-corrected chi connectivity index (χ2v) is 9.00. The van der Waals surface area contributed by atoms with Crippen LogP contribution in [0.3, 0.4) is 0 Å². The Morgan fingerprint density at radius 2 is 2.11 bits per heavy atom. The van der Waals surface area contributed by atoms with Crippen LogP contribution in [0.2, 0.25) is 0 Å². The van der Waals surface area contributed by atoms with Gasteiger partial charge < -0.3 is 5.32 Å². The maximum Gasteiger partial charge on any atom is 0.234 e. The zero-order valence-corrected chi connectivity index (χ0v) is 16.8. The maximum absolute atomic E-state index is 13.0. The van der Waals surface area contributed by atoms with Crippen LogP contribution in [0.25, 0.3) is 10.2 Å². The third kappa shape index (κ3) is 3.99. The van der Waals surface area contributed by atoms with Gasteiger partial charge in [0.1, 0.15) is 21.5 Å². The molecule has 1 atom stereocenters. The molecule has 7 heteroatoms. The van der Waals surface area contributed by atoms with E-state index in [9.17, 15) is 9.18 Å². The van der Waals surface area contributed by atoms with E-state index < -0.39 is 0 Å². The van der Waals surface area contributed by atoms with Crippen LogP contribution in [0, 0.1) is 18.7 Å². The molecule has 0 saturated heterocycles. The molecule has 0 spiro atoms. The number of nitrogens with zero attached hydrogens (tertiary/aromatic N) is 2. The normalized spacial score (nSPS) is 16.3. The number of anilines is 1. The summed E-state index contributed by atoms with van der Waals surface area (Å²) < 4.78 is 13.0. The largest absolute Gasteiger partial charge is 0.325 e. The SMILES string of the molecule is Cc1nc(SCC(=O)Nc2ccc(F)cc2)c2c3c(sc2n1)CC(C)CC3. The summed E-state index contributed by atoms with van der Waals surface area (Å²) in [6.45, 7) is 4.18. The van der Waals surface area contributed by atoms with Gasteiger partial charge in [0.2, 0.25) is 5.91 Å². The highest BCUT2D eigenvalue weighted by molar-refractivity contribution is 8.00. The summed E-state index contributed by atoms with van der Waals surface area (Å²) in [6, 6.07) is 5.78. The van der Waals surface area contributed by atoms with Gasteiger partial charge in [-0.25, -0.2) is 14.4 Å². The molecule has 4 rings (SSSR count). The van der Waals surface area contributed by atoms with Gasteiger partial charge in [-0.1, -0.05) is 18.7 Å². The molecular weight excluding hydrogens is 381 g/mol. The Labute approximate surface area is 165 Å². The van der Waals surface area contributed by atoms with Gasteiger partial charge in [-0.3, -0.25) is 4.79 Å². The van der Waals surface area contributed by atoms with Gasteiger partial charge in [-0.2, -0.15) is 0 Å². The lowest BCUT2D eigenvalue weighted by Crippen LogP contribution is -2.14. The molecule has 3 aromatic rings. The maximum atomic E-state index is 13.0. The molecule has 0 bridgehead atoms. The molecule has 1 aliphatic carbocycles. The molecule has 1 N–H and O–H groups in total. The number of carbonyl (C=O) groups is 1. The number of carbonyl (C=O) groups excluding carboxylic acids is 1. The molecule has 2 heterocycles. The quantitative estimate of drug-likeness (QED) is 0.494. The van der Waals surface area contributed by atoms with E-state index in [0.717, 1.165) is 33.9 Å². The topological polar surface area (TPSA) is 54.9 Å². The van der Waals surface area contributed by atoms with Crippen molar-refractivity contribution in [3.63, 3.8) is 0 Å². The Morgan fingerprint density at radius 1 is 1.33 bits per heavy atom. The smallest absolute Gasteiger partial charge is 0.234 e. The molecule has 0 radical (unpaired) electrons. The summed E-state index contributed by atoms with van der Waals surface area (Å²) in [5.41, 5.74) is 1.96. The molecule has 1 aromatic carbocycles. The monoisotopic (exact) mass is 401 g/mol. The van der Waals surface area contributed by atoms with Gasteiger partial charge >= 0.3 is 0 Å². The first-order chi connectivity index (χ1) is 13.0. The standard InChI is InChI=1S/C20H20FN3OS2/c1-11-3-8-15-16(9-11)27-20-18(15)19(22-12(2)23-20)26-10-17(25)24-14-6-4-13(21)5-7-14/h4-7,11H,3,8-10H2,1-2H3,(H,24,25). The van der Waals surface area contributed by atoms with Crippen molar-refractivity contribution >= 4 is 44.9 Å².